The Morgan fingerprint density at radius 1 is 1.38 bits per heavy atom. The molecule has 0 aliphatic rings. The second-order valence-electron chi connectivity index (χ2n) is 3.24. The van der Waals surface area contributed by atoms with E-state index in [1.807, 2.05) is 24.3 Å². The summed E-state index contributed by atoms with van der Waals surface area (Å²) in [5.74, 6) is 6.01. The van der Waals surface area contributed by atoms with Gasteiger partial charge in [-0.3, -0.25) is 0 Å². The topological polar surface area (TPSA) is 86.5 Å². The number of pyridine rings is 1. The van der Waals surface area contributed by atoms with Crippen molar-refractivity contribution in [2.75, 3.05) is 7.11 Å². The highest BCUT2D eigenvalue weighted by atomic mass is 16.5. The smallest absolute Gasteiger partial charge is 0.169 e. The Balaban J connectivity index is 2.73. The van der Waals surface area contributed by atoms with Crippen LogP contribution >= 0.6 is 0 Å². The number of para-hydroxylation sites is 1. The Hall–Kier alpha value is -2.30. The van der Waals surface area contributed by atoms with Crippen molar-refractivity contribution in [1.29, 1.82) is 0 Å². The van der Waals surface area contributed by atoms with Crippen LogP contribution in [0.5, 0.6) is 5.75 Å². The van der Waals surface area contributed by atoms with Crippen LogP contribution < -0.4 is 16.3 Å². The molecule has 0 atom stereocenters. The summed E-state index contributed by atoms with van der Waals surface area (Å²) < 4.78 is 5.27. The number of methoxy groups -OCH3 is 1. The summed E-state index contributed by atoms with van der Waals surface area (Å²) in [5.41, 5.74) is 6.92. The first-order chi connectivity index (χ1) is 7.76. The van der Waals surface area contributed by atoms with Gasteiger partial charge in [0.1, 0.15) is 11.4 Å². The molecule has 16 heavy (non-hydrogen) atoms. The predicted octanol–water partition coefficient (Wildman–Crippen LogP) is 0.822. The van der Waals surface area contributed by atoms with Crippen molar-refractivity contribution in [2.45, 2.75) is 0 Å². The maximum Gasteiger partial charge on any atom is 0.169 e. The quantitative estimate of drug-likeness (QED) is 0.337. The number of nitrogens with zero attached hydrogens (tertiary/aromatic N) is 2. The third-order valence-electron chi connectivity index (χ3n) is 2.30. The summed E-state index contributed by atoms with van der Waals surface area (Å²) in [6.45, 7) is 0. The summed E-state index contributed by atoms with van der Waals surface area (Å²) in [6.07, 6.45) is 0. The molecule has 2 aromatic rings. The highest BCUT2D eigenvalue weighted by Crippen LogP contribution is 2.24. The molecular formula is C11H12N4O. The van der Waals surface area contributed by atoms with Gasteiger partial charge in [-0.2, -0.15) is 5.10 Å². The molecule has 0 spiro atoms. The molecule has 5 nitrogen and oxygen atoms in total. The highest BCUT2D eigenvalue weighted by molar-refractivity contribution is 5.99. The largest absolute Gasteiger partial charge is 0.496 e. The summed E-state index contributed by atoms with van der Waals surface area (Å²) >= 11 is 0. The number of benzene rings is 1. The van der Waals surface area contributed by atoms with Crippen LogP contribution in [0.4, 0.5) is 0 Å². The normalized spacial score (nSPS) is 11.7. The molecule has 0 radical (unpaired) electrons. The van der Waals surface area contributed by atoms with Gasteiger partial charge < -0.3 is 16.3 Å². The average molecular weight is 216 g/mol. The Bertz CT molecular complexity index is 551. The van der Waals surface area contributed by atoms with Gasteiger partial charge in [0.15, 0.2) is 5.84 Å². The fourth-order valence-corrected chi connectivity index (χ4v) is 1.51. The van der Waals surface area contributed by atoms with Crippen LogP contribution in [-0.4, -0.2) is 17.9 Å². The first-order valence-electron chi connectivity index (χ1n) is 4.73. The zero-order valence-corrected chi connectivity index (χ0v) is 8.84. The average Bonchev–Trinajstić information content (AvgIpc) is 2.36. The molecule has 0 aliphatic carbocycles. The minimum Gasteiger partial charge on any atom is -0.496 e. The molecule has 1 aromatic heterocycles. The molecule has 0 saturated carbocycles. The molecule has 4 N–H and O–H groups in total. The van der Waals surface area contributed by atoms with E-state index in [1.165, 1.54) is 0 Å². The van der Waals surface area contributed by atoms with Gasteiger partial charge in [-0.1, -0.05) is 12.1 Å². The minimum atomic E-state index is 0.184. The number of amidine groups is 1. The van der Waals surface area contributed by atoms with Crippen LogP contribution in [0.2, 0.25) is 0 Å². The molecule has 1 aromatic carbocycles. The zero-order chi connectivity index (χ0) is 11.5. The molecule has 0 aliphatic heterocycles. The van der Waals surface area contributed by atoms with Crippen LogP contribution in [-0.2, 0) is 0 Å². The first-order valence-corrected chi connectivity index (χ1v) is 4.73. The second kappa shape index (κ2) is 4.06. The highest BCUT2D eigenvalue weighted by Gasteiger charge is 2.07. The number of ether oxygens (including phenoxy) is 1. The van der Waals surface area contributed by atoms with Gasteiger partial charge in [-0.15, -0.1) is 0 Å². The van der Waals surface area contributed by atoms with E-state index < -0.39 is 0 Å². The van der Waals surface area contributed by atoms with Gasteiger partial charge in [0, 0.05) is 11.5 Å². The Morgan fingerprint density at radius 3 is 2.81 bits per heavy atom. The van der Waals surface area contributed by atoms with Gasteiger partial charge in [0.2, 0.25) is 0 Å². The zero-order valence-electron chi connectivity index (χ0n) is 8.84. The molecule has 0 fully saturated rings. The van der Waals surface area contributed by atoms with Crippen LogP contribution in [0.3, 0.4) is 0 Å². The number of hydrogen-bond donors (Lipinski definition) is 2. The Kier molecular flexibility index (Phi) is 2.59. The number of aromatic nitrogens is 1. The molecule has 5 heteroatoms. The molecule has 0 amide bonds. The van der Waals surface area contributed by atoms with E-state index in [0.717, 1.165) is 10.9 Å². The minimum absolute atomic E-state index is 0.184. The van der Waals surface area contributed by atoms with Crippen LogP contribution in [0.15, 0.2) is 35.4 Å². The van der Waals surface area contributed by atoms with Gasteiger partial charge in [-0.25, -0.2) is 4.98 Å². The van der Waals surface area contributed by atoms with Crippen molar-refractivity contribution in [1.82, 2.24) is 4.98 Å². The predicted molar refractivity (Wildman–Crippen MR) is 63.2 cm³/mol. The summed E-state index contributed by atoms with van der Waals surface area (Å²) in [4.78, 5) is 4.34. The van der Waals surface area contributed by atoms with Gasteiger partial charge >= 0.3 is 0 Å². The molecular weight excluding hydrogens is 204 g/mol. The molecule has 0 unspecified atom stereocenters. The van der Waals surface area contributed by atoms with Gasteiger partial charge in [0.05, 0.1) is 12.6 Å². The van der Waals surface area contributed by atoms with Crippen molar-refractivity contribution in [3.05, 3.63) is 36.0 Å². The Labute approximate surface area is 92.7 Å². The molecule has 2 rings (SSSR count). The van der Waals surface area contributed by atoms with E-state index in [1.54, 1.807) is 13.2 Å². The molecule has 0 saturated heterocycles. The lowest BCUT2D eigenvalue weighted by Gasteiger charge is -2.07. The van der Waals surface area contributed by atoms with Crippen LogP contribution in [0.25, 0.3) is 10.9 Å². The van der Waals surface area contributed by atoms with E-state index in [0.29, 0.717) is 11.4 Å². The van der Waals surface area contributed by atoms with Crippen LogP contribution in [0.1, 0.15) is 5.69 Å². The van der Waals surface area contributed by atoms with E-state index in [4.69, 9.17) is 16.3 Å². The van der Waals surface area contributed by atoms with Crippen molar-refractivity contribution in [3.8, 4) is 5.75 Å². The van der Waals surface area contributed by atoms with Crippen molar-refractivity contribution in [2.24, 2.45) is 16.7 Å². The molecule has 0 bridgehead atoms. The van der Waals surface area contributed by atoms with E-state index in [-0.39, 0.29) is 5.84 Å². The lowest BCUT2D eigenvalue weighted by molar-refractivity contribution is 0.419. The maximum absolute atomic E-state index is 5.62. The molecule has 1 heterocycles. The summed E-state index contributed by atoms with van der Waals surface area (Å²) in [7, 11) is 1.60. The number of hydrazone groups is 1. The van der Waals surface area contributed by atoms with Crippen molar-refractivity contribution >= 4 is 16.7 Å². The summed E-state index contributed by atoms with van der Waals surface area (Å²) in [6, 6.07) is 9.35. The first kappa shape index (κ1) is 10.2. The fraction of sp³-hybridized carbons (Fsp3) is 0.0909. The standard InChI is InChI=1S/C11H12N4O/c1-16-10-6-9(11(12)15-13)14-8-5-3-2-4-7(8)10/h2-6H,13H2,1H3,(H2,12,15). The van der Waals surface area contributed by atoms with Crippen molar-refractivity contribution < 1.29 is 4.74 Å². The van der Waals surface area contributed by atoms with Gasteiger partial charge in [0.25, 0.3) is 0 Å². The third kappa shape index (κ3) is 1.63. The number of rotatable bonds is 2. The lowest BCUT2D eigenvalue weighted by atomic mass is 10.2. The third-order valence-corrected chi connectivity index (χ3v) is 2.30. The van der Waals surface area contributed by atoms with Crippen molar-refractivity contribution in [3.63, 3.8) is 0 Å². The second-order valence-corrected chi connectivity index (χ2v) is 3.24. The fourth-order valence-electron chi connectivity index (χ4n) is 1.51. The number of fused-ring (bicyclic) bond motifs is 1. The SMILES string of the molecule is COc1cc(/C(N)=N/N)nc2ccccc12. The maximum atomic E-state index is 5.62. The van der Waals surface area contributed by atoms with Gasteiger partial charge in [-0.05, 0) is 12.1 Å². The van der Waals surface area contributed by atoms with E-state index >= 15 is 0 Å². The van der Waals surface area contributed by atoms with E-state index in [2.05, 4.69) is 10.1 Å². The Morgan fingerprint density at radius 2 is 2.12 bits per heavy atom. The lowest BCUT2D eigenvalue weighted by Crippen LogP contribution is -2.17. The molecule has 82 valence electrons. The summed E-state index contributed by atoms with van der Waals surface area (Å²) in [5, 5.41) is 4.35. The number of hydrogen-bond acceptors (Lipinski definition) is 4. The number of nitrogens with two attached hydrogens (primary N) is 2. The monoisotopic (exact) mass is 216 g/mol. The van der Waals surface area contributed by atoms with E-state index in [9.17, 15) is 0 Å². The van der Waals surface area contributed by atoms with Crippen LogP contribution in [0, 0.1) is 0 Å².